The SMILES string of the molecule is CCC(CC)NC(=O)c1ccc(/C=C/C(=O)O)s1. The number of hydrogen-bond donors (Lipinski definition) is 2. The number of carbonyl (C=O) groups excluding carboxylic acids is 1. The van der Waals surface area contributed by atoms with Gasteiger partial charge in [0.2, 0.25) is 0 Å². The number of thiophene rings is 1. The molecule has 0 aromatic carbocycles. The van der Waals surface area contributed by atoms with E-state index in [0.717, 1.165) is 23.8 Å². The molecular formula is C13H17NO3S. The third kappa shape index (κ3) is 4.33. The molecule has 1 rings (SSSR count). The topological polar surface area (TPSA) is 66.4 Å². The zero-order valence-corrected chi connectivity index (χ0v) is 11.3. The van der Waals surface area contributed by atoms with Gasteiger partial charge in [0.1, 0.15) is 0 Å². The highest BCUT2D eigenvalue weighted by molar-refractivity contribution is 7.14. The highest BCUT2D eigenvalue weighted by Crippen LogP contribution is 2.18. The summed E-state index contributed by atoms with van der Waals surface area (Å²) in [4.78, 5) is 23.6. The van der Waals surface area contributed by atoms with Crippen LogP contribution in [0.1, 0.15) is 41.2 Å². The lowest BCUT2D eigenvalue weighted by molar-refractivity contribution is -0.131. The van der Waals surface area contributed by atoms with Crippen LogP contribution in [0.25, 0.3) is 6.08 Å². The van der Waals surface area contributed by atoms with Gasteiger partial charge in [0, 0.05) is 17.0 Å². The molecule has 0 radical (unpaired) electrons. The molecule has 0 atom stereocenters. The molecule has 1 heterocycles. The van der Waals surface area contributed by atoms with Crippen molar-refractivity contribution in [2.75, 3.05) is 0 Å². The van der Waals surface area contributed by atoms with Crippen LogP contribution in [0.3, 0.4) is 0 Å². The maximum absolute atomic E-state index is 11.9. The maximum Gasteiger partial charge on any atom is 0.328 e. The van der Waals surface area contributed by atoms with Gasteiger partial charge in [-0.3, -0.25) is 4.79 Å². The van der Waals surface area contributed by atoms with Crippen LogP contribution in [0.15, 0.2) is 18.2 Å². The van der Waals surface area contributed by atoms with Gasteiger partial charge in [-0.05, 0) is 31.1 Å². The summed E-state index contributed by atoms with van der Waals surface area (Å²) < 4.78 is 0. The number of nitrogens with one attached hydrogen (secondary N) is 1. The molecule has 1 aromatic heterocycles. The van der Waals surface area contributed by atoms with Gasteiger partial charge in [0.15, 0.2) is 0 Å². The van der Waals surface area contributed by atoms with Gasteiger partial charge in [0.05, 0.1) is 4.88 Å². The van der Waals surface area contributed by atoms with Crippen LogP contribution >= 0.6 is 11.3 Å². The van der Waals surface area contributed by atoms with E-state index in [2.05, 4.69) is 5.32 Å². The van der Waals surface area contributed by atoms with Gasteiger partial charge in [-0.15, -0.1) is 11.3 Å². The van der Waals surface area contributed by atoms with Gasteiger partial charge in [-0.1, -0.05) is 13.8 Å². The predicted molar refractivity (Wildman–Crippen MR) is 72.8 cm³/mol. The van der Waals surface area contributed by atoms with Gasteiger partial charge in [-0.2, -0.15) is 0 Å². The fourth-order valence-corrected chi connectivity index (χ4v) is 2.28. The second-order valence-electron chi connectivity index (χ2n) is 3.86. The normalized spacial score (nSPS) is 11.1. The standard InChI is InChI=1S/C13H17NO3S/c1-3-9(4-2)14-13(17)11-7-5-10(18-11)6-8-12(15)16/h5-9H,3-4H2,1-2H3,(H,14,17)(H,15,16)/b8-6+. The van der Waals surface area contributed by atoms with E-state index in [0.29, 0.717) is 4.88 Å². The number of carboxylic acid groups (broad SMARTS) is 1. The van der Waals surface area contributed by atoms with Gasteiger partial charge in [-0.25, -0.2) is 4.79 Å². The largest absolute Gasteiger partial charge is 0.478 e. The number of carboxylic acids is 1. The Morgan fingerprint density at radius 1 is 1.39 bits per heavy atom. The van der Waals surface area contributed by atoms with Crippen molar-refractivity contribution in [1.82, 2.24) is 5.32 Å². The smallest absolute Gasteiger partial charge is 0.328 e. The first-order valence-corrected chi connectivity index (χ1v) is 6.70. The Kier molecular flexibility index (Phi) is 5.58. The summed E-state index contributed by atoms with van der Waals surface area (Å²) in [7, 11) is 0. The van der Waals surface area contributed by atoms with E-state index < -0.39 is 5.97 Å². The maximum atomic E-state index is 11.9. The van der Waals surface area contributed by atoms with Crippen molar-refractivity contribution in [2.24, 2.45) is 0 Å². The lowest BCUT2D eigenvalue weighted by Crippen LogP contribution is -2.33. The lowest BCUT2D eigenvalue weighted by atomic mass is 10.2. The zero-order chi connectivity index (χ0) is 13.5. The number of hydrogen-bond acceptors (Lipinski definition) is 3. The lowest BCUT2D eigenvalue weighted by Gasteiger charge is -2.13. The summed E-state index contributed by atoms with van der Waals surface area (Å²) in [6.07, 6.45) is 4.36. The minimum Gasteiger partial charge on any atom is -0.478 e. The third-order valence-electron chi connectivity index (χ3n) is 2.56. The molecule has 0 saturated carbocycles. The van der Waals surface area contributed by atoms with Crippen LogP contribution in [-0.2, 0) is 4.79 Å². The second kappa shape index (κ2) is 6.96. The molecule has 4 nitrogen and oxygen atoms in total. The van der Waals surface area contributed by atoms with E-state index >= 15 is 0 Å². The van der Waals surface area contributed by atoms with Crippen LogP contribution < -0.4 is 5.32 Å². The molecule has 98 valence electrons. The molecular weight excluding hydrogens is 250 g/mol. The summed E-state index contributed by atoms with van der Waals surface area (Å²) in [5.41, 5.74) is 0. The average Bonchev–Trinajstić information content (AvgIpc) is 2.82. The Labute approximate surface area is 110 Å². The Bertz CT molecular complexity index is 447. The molecule has 0 saturated heterocycles. The molecule has 1 amide bonds. The summed E-state index contributed by atoms with van der Waals surface area (Å²) in [5.74, 6) is -1.09. The average molecular weight is 267 g/mol. The van der Waals surface area contributed by atoms with E-state index in [1.807, 2.05) is 13.8 Å². The number of rotatable bonds is 6. The van der Waals surface area contributed by atoms with Crippen LogP contribution in [0, 0.1) is 0 Å². The molecule has 2 N–H and O–H groups in total. The zero-order valence-electron chi connectivity index (χ0n) is 10.5. The molecule has 5 heteroatoms. The summed E-state index contributed by atoms with van der Waals surface area (Å²) in [6.45, 7) is 4.06. The van der Waals surface area contributed by atoms with Crippen molar-refractivity contribution in [3.63, 3.8) is 0 Å². The van der Waals surface area contributed by atoms with Crippen molar-refractivity contribution in [1.29, 1.82) is 0 Å². The molecule has 0 fully saturated rings. The van der Waals surface area contributed by atoms with Gasteiger partial charge < -0.3 is 10.4 Å². The second-order valence-corrected chi connectivity index (χ2v) is 4.98. The van der Waals surface area contributed by atoms with Crippen LogP contribution in [0.5, 0.6) is 0 Å². The van der Waals surface area contributed by atoms with Crippen molar-refractivity contribution < 1.29 is 14.7 Å². The molecule has 0 aliphatic heterocycles. The van der Waals surface area contributed by atoms with Gasteiger partial charge in [0.25, 0.3) is 5.91 Å². The molecule has 18 heavy (non-hydrogen) atoms. The number of aliphatic carboxylic acids is 1. The van der Waals surface area contributed by atoms with Crippen molar-refractivity contribution in [3.8, 4) is 0 Å². The Morgan fingerprint density at radius 3 is 2.61 bits per heavy atom. The molecule has 0 aliphatic rings. The third-order valence-corrected chi connectivity index (χ3v) is 3.61. The highest BCUT2D eigenvalue weighted by atomic mass is 32.1. The van der Waals surface area contributed by atoms with Crippen LogP contribution in [0.4, 0.5) is 0 Å². The molecule has 0 bridgehead atoms. The summed E-state index contributed by atoms with van der Waals surface area (Å²) in [6, 6.07) is 3.65. The van der Waals surface area contributed by atoms with E-state index in [-0.39, 0.29) is 11.9 Å². The Hall–Kier alpha value is -1.62. The van der Waals surface area contributed by atoms with Gasteiger partial charge >= 0.3 is 5.97 Å². The molecule has 0 spiro atoms. The fraction of sp³-hybridized carbons (Fsp3) is 0.385. The predicted octanol–water partition coefficient (Wildman–Crippen LogP) is 2.76. The fourth-order valence-electron chi connectivity index (χ4n) is 1.47. The minimum absolute atomic E-state index is 0.0938. The van der Waals surface area contributed by atoms with Crippen LogP contribution in [-0.4, -0.2) is 23.0 Å². The van der Waals surface area contributed by atoms with E-state index in [4.69, 9.17) is 5.11 Å². The number of carbonyl (C=O) groups is 2. The first-order chi connectivity index (χ1) is 8.56. The first kappa shape index (κ1) is 14.4. The Morgan fingerprint density at radius 2 is 2.06 bits per heavy atom. The quantitative estimate of drug-likeness (QED) is 0.779. The minimum atomic E-state index is -0.994. The van der Waals surface area contributed by atoms with E-state index in [1.54, 1.807) is 12.1 Å². The van der Waals surface area contributed by atoms with Crippen molar-refractivity contribution in [2.45, 2.75) is 32.7 Å². The Balaban J connectivity index is 2.67. The van der Waals surface area contributed by atoms with E-state index in [1.165, 1.54) is 17.4 Å². The van der Waals surface area contributed by atoms with Crippen LogP contribution in [0.2, 0.25) is 0 Å². The first-order valence-electron chi connectivity index (χ1n) is 5.88. The van der Waals surface area contributed by atoms with Crippen molar-refractivity contribution >= 4 is 29.3 Å². The number of amides is 1. The monoisotopic (exact) mass is 267 g/mol. The summed E-state index contributed by atoms with van der Waals surface area (Å²) in [5, 5.41) is 11.5. The highest BCUT2D eigenvalue weighted by Gasteiger charge is 2.12. The molecule has 1 aromatic rings. The van der Waals surface area contributed by atoms with E-state index in [9.17, 15) is 9.59 Å². The van der Waals surface area contributed by atoms with Crippen molar-refractivity contribution in [3.05, 3.63) is 28.0 Å². The molecule has 0 aliphatic carbocycles. The molecule has 0 unspecified atom stereocenters. The summed E-state index contributed by atoms with van der Waals surface area (Å²) >= 11 is 1.28.